The summed E-state index contributed by atoms with van der Waals surface area (Å²) in [6.07, 6.45) is -0.325. The van der Waals surface area contributed by atoms with E-state index in [1.807, 2.05) is 42.5 Å². The Kier molecular flexibility index (Phi) is 3.57. The molecule has 2 aromatic rings. The Hall–Kier alpha value is -2.80. The molecule has 1 aliphatic heterocycles. The van der Waals surface area contributed by atoms with Gasteiger partial charge in [0.15, 0.2) is 0 Å². The molecule has 0 saturated carbocycles. The van der Waals surface area contributed by atoms with Crippen molar-refractivity contribution in [3.8, 4) is 6.07 Å². The van der Waals surface area contributed by atoms with Crippen LogP contribution in [0.25, 0.3) is 0 Å². The van der Waals surface area contributed by atoms with Gasteiger partial charge in [0.05, 0.1) is 11.6 Å². The molecule has 0 bridgehead atoms. The number of rotatable bonds is 2. The fraction of sp³-hybridized carbons (Fsp3) is 0.176. The molecule has 1 amide bonds. The van der Waals surface area contributed by atoms with Crippen LogP contribution in [0.3, 0.4) is 0 Å². The molecule has 0 fully saturated rings. The molecule has 0 unspecified atom stereocenters. The molecule has 0 spiro atoms. The monoisotopic (exact) mass is 278 g/mol. The van der Waals surface area contributed by atoms with Gasteiger partial charge in [-0.05, 0) is 28.8 Å². The lowest BCUT2D eigenvalue weighted by Gasteiger charge is -2.15. The van der Waals surface area contributed by atoms with Gasteiger partial charge in [0.25, 0.3) is 0 Å². The van der Waals surface area contributed by atoms with Gasteiger partial charge in [-0.25, -0.2) is 4.79 Å². The number of hydrogen-bond donors (Lipinski definition) is 0. The maximum atomic E-state index is 12.1. The molecule has 1 heterocycles. The van der Waals surface area contributed by atoms with Crippen molar-refractivity contribution in [3.63, 3.8) is 0 Å². The molecule has 4 heteroatoms. The number of fused-ring (bicyclic) bond motifs is 1. The second-order valence-electron chi connectivity index (χ2n) is 4.99. The summed E-state index contributed by atoms with van der Waals surface area (Å²) in [4.78, 5) is 13.7. The number of ether oxygens (including phenoxy) is 1. The van der Waals surface area contributed by atoms with E-state index in [0.717, 1.165) is 16.7 Å². The van der Waals surface area contributed by atoms with Crippen LogP contribution >= 0.6 is 0 Å². The van der Waals surface area contributed by atoms with Crippen LogP contribution < -0.4 is 0 Å². The minimum Gasteiger partial charge on any atom is -0.445 e. The quantitative estimate of drug-likeness (QED) is 0.847. The minimum absolute atomic E-state index is 0.274. The SMILES string of the molecule is N#Cc1ccc2c(c1)CN(C(=O)OCc1ccccc1)C2. The number of nitrogens with zero attached hydrogens (tertiary/aromatic N) is 2. The predicted molar refractivity (Wildman–Crippen MR) is 77.0 cm³/mol. The Morgan fingerprint density at radius 1 is 1.14 bits per heavy atom. The molecule has 0 aromatic heterocycles. The molecule has 104 valence electrons. The first-order valence-electron chi connectivity index (χ1n) is 6.74. The van der Waals surface area contributed by atoms with Crippen molar-refractivity contribution in [2.45, 2.75) is 19.7 Å². The normalized spacial score (nSPS) is 12.6. The topological polar surface area (TPSA) is 53.3 Å². The number of nitriles is 1. The molecule has 4 nitrogen and oxygen atoms in total. The largest absolute Gasteiger partial charge is 0.445 e. The van der Waals surface area contributed by atoms with Gasteiger partial charge >= 0.3 is 6.09 Å². The highest BCUT2D eigenvalue weighted by Gasteiger charge is 2.24. The van der Waals surface area contributed by atoms with Crippen molar-refractivity contribution in [2.24, 2.45) is 0 Å². The lowest BCUT2D eigenvalue weighted by atomic mass is 10.1. The summed E-state index contributed by atoms with van der Waals surface area (Å²) in [6, 6.07) is 17.2. The first kappa shape index (κ1) is 13.2. The lowest BCUT2D eigenvalue weighted by Crippen LogP contribution is -2.25. The molecule has 21 heavy (non-hydrogen) atoms. The molecule has 0 N–H and O–H groups in total. The van der Waals surface area contributed by atoms with E-state index in [0.29, 0.717) is 18.7 Å². The van der Waals surface area contributed by atoms with Gasteiger partial charge in [-0.15, -0.1) is 0 Å². The Labute approximate surface area is 123 Å². The number of hydrogen-bond acceptors (Lipinski definition) is 3. The van der Waals surface area contributed by atoms with E-state index in [2.05, 4.69) is 6.07 Å². The molecule has 1 aliphatic rings. The fourth-order valence-electron chi connectivity index (χ4n) is 2.40. The maximum absolute atomic E-state index is 12.1. The van der Waals surface area contributed by atoms with Gasteiger partial charge in [-0.2, -0.15) is 5.26 Å². The molecule has 0 radical (unpaired) electrons. The number of carbonyl (C=O) groups excluding carboxylic acids is 1. The molecular formula is C17H14N2O2. The Morgan fingerprint density at radius 3 is 2.67 bits per heavy atom. The standard InChI is InChI=1S/C17H14N2O2/c18-9-14-6-7-15-10-19(11-16(15)8-14)17(20)21-12-13-4-2-1-3-5-13/h1-8H,10-12H2. The zero-order chi connectivity index (χ0) is 14.7. The second-order valence-corrected chi connectivity index (χ2v) is 4.99. The van der Waals surface area contributed by atoms with E-state index in [4.69, 9.17) is 10.00 Å². The first-order valence-corrected chi connectivity index (χ1v) is 6.74. The van der Waals surface area contributed by atoms with Crippen LogP contribution in [0, 0.1) is 11.3 Å². The minimum atomic E-state index is -0.325. The Morgan fingerprint density at radius 2 is 1.90 bits per heavy atom. The van der Waals surface area contributed by atoms with Crippen molar-refractivity contribution in [3.05, 3.63) is 70.8 Å². The smallest absolute Gasteiger partial charge is 0.410 e. The summed E-state index contributed by atoms with van der Waals surface area (Å²) >= 11 is 0. The van der Waals surface area contributed by atoms with Crippen LogP contribution in [-0.2, 0) is 24.4 Å². The molecule has 0 saturated heterocycles. The van der Waals surface area contributed by atoms with E-state index in [1.54, 1.807) is 11.0 Å². The molecule has 0 aliphatic carbocycles. The van der Waals surface area contributed by atoms with Crippen LogP contribution in [0.4, 0.5) is 4.79 Å². The Bertz CT molecular complexity index is 704. The summed E-state index contributed by atoms with van der Waals surface area (Å²) in [5.74, 6) is 0. The maximum Gasteiger partial charge on any atom is 0.410 e. The summed E-state index contributed by atoms with van der Waals surface area (Å²) in [5, 5.41) is 8.90. The first-order chi connectivity index (χ1) is 10.3. The van der Waals surface area contributed by atoms with E-state index in [1.165, 1.54) is 0 Å². The second kappa shape index (κ2) is 5.68. The fourth-order valence-corrected chi connectivity index (χ4v) is 2.40. The highest BCUT2D eigenvalue weighted by atomic mass is 16.6. The van der Waals surface area contributed by atoms with Crippen molar-refractivity contribution >= 4 is 6.09 Å². The zero-order valence-corrected chi connectivity index (χ0v) is 11.5. The number of amides is 1. The van der Waals surface area contributed by atoms with Crippen molar-refractivity contribution in [1.29, 1.82) is 5.26 Å². The van der Waals surface area contributed by atoms with Crippen molar-refractivity contribution in [2.75, 3.05) is 0 Å². The van der Waals surface area contributed by atoms with Gasteiger partial charge in [-0.3, -0.25) is 4.90 Å². The third kappa shape index (κ3) is 2.87. The van der Waals surface area contributed by atoms with Crippen LogP contribution in [0.5, 0.6) is 0 Å². The number of benzene rings is 2. The third-order valence-corrected chi connectivity index (χ3v) is 3.52. The average Bonchev–Trinajstić information content (AvgIpc) is 2.96. The average molecular weight is 278 g/mol. The summed E-state index contributed by atoms with van der Waals surface area (Å²) in [5.41, 5.74) is 3.68. The molecule has 0 atom stereocenters. The highest BCUT2D eigenvalue weighted by Crippen LogP contribution is 2.24. The van der Waals surface area contributed by atoms with E-state index >= 15 is 0 Å². The van der Waals surface area contributed by atoms with Gasteiger partial charge in [0.1, 0.15) is 6.61 Å². The summed E-state index contributed by atoms with van der Waals surface area (Å²) in [6.45, 7) is 1.31. The van der Waals surface area contributed by atoms with Crippen molar-refractivity contribution < 1.29 is 9.53 Å². The summed E-state index contributed by atoms with van der Waals surface area (Å²) < 4.78 is 5.32. The number of carbonyl (C=O) groups is 1. The summed E-state index contributed by atoms with van der Waals surface area (Å²) in [7, 11) is 0. The van der Waals surface area contributed by atoms with Gasteiger partial charge in [0, 0.05) is 13.1 Å². The molecule has 3 rings (SSSR count). The van der Waals surface area contributed by atoms with Gasteiger partial charge in [-0.1, -0.05) is 36.4 Å². The molecule has 2 aromatic carbocycles. The van der Waals surface area contributed by atoms with E-state index < -0.39 is 0 Å². The third-order valence-electron chi connectivity index (χ3n) is 3.52. The molecular weight excluding hydrogens is 264 g/mol. The van der Waals surface area contributed by atoms with Crippen LogP contribution in [0.15, 0.2) is 48.5 Å². The van der Waals surface area contributed by atoms with E-state index in [9.17, 15) is 4.79 Å². The van der Waals surface area contributed by atoms with Crippen molar-refractivity contribution in [1.82, 2.24) is 4.90 Å². The van der Waals surface area contributed by atoms with Gasteiger partial charge < -0.3 is 4.74 Å². The zero-order valence-electron chi connectivity index (χ0n) is 11.5. The van der Waals surface area contributed by atoms with Crippen LogP contribution in [0.1, 0.15) is 22.3 Å². The highest BCUT2D eigenvalue weighted by molar-refractivity contribution is 5.69. The van der Waals surface area contributed by atoms with Crippen LogP contribution in [0.2, 0.25) is 0 Å². The lowest BCUT2D eigenvalue weighted by molar-refractivity contribution is 0.0955. The van der Waals surface area contributed by atoms with Gasteiger partial charge in [0.2, 0.25) is 0 Å². The van der Waals surface area contributed by atoms with E-state index in [-0.39, 0.29) is 12.7 Å². The van der Waals surface area contributed by atoms with Crippen LogP contribution in [-0.4, -0.2) is 11.0 Å². The Balaban J connectivity index is 1.62. The predicted octanol–water partition coefficient (Wildman–Crippen LogP) is 3.21.